The van der Waals surface area contributed by atoms with Gasteiger partial charge in [0.05, 0.1) is 26.0 Å². The Labute approximate surface area is 163 Å². The van der Waals surface area contributed by atoms with Crippen molar-refractivity contribution in [3.63, 3.8) is 0 Å². The number of hydrogen-bond donors (Lipinski definition) is 1. The van der Waals surface area contributed by atoms with Crippen molar-refractivity contribution in [1.29, 1.82) is 0 Å². The van der Waals surface area contributed by atoms with Gasteiger partial charge in [-0.15, -0.1) is 10.2 Å². The van der Waals surface area contributed by atoms with Crippen LogP contribution in [-0.2, 0) is 11.3 Å². The van der Waals surface area contributed by atoms with Gasteiger partial charge in [-0.3, -0.25) is 9.69 Å². The van der Waals surface area contributed by atoms with Crippen molar-refractivity contribution in [2.24, 2.45) is 0 Å². The molecule has 2 aromatic heterocycles. The second-order valence-electron chi connectivity index (χ2n) is 6.19. The van der Waals surface area contributed by atoms with Crippen LogP contribution in [0.1, 0.15) is 26.2 Å². The number of anilines is 1. The largest absolute Gasteiger partial charge is 0.494 e. The maximum Gasteiger partial charge on any atom is 0.283 e. The first-order valence-corrected chi connectivity index (χ1v) is 9.29. The summed E-state index contributed by atoms with van der Waals surface area (Å²) < 4.78 is 16.3. The highest BCUT2D eigenvalue weighted by Gasteiger charge is 2.16. The first-order chi connectivity index (χ1) is 13.7. The topological polar surface area (TPSA) is 93.6 Å². The molecular formula is C20H24N4O4. The molecule has 0 aliphatic carbocycles. The third-order valence-electron chi connectivity index (χ3n) is 3.91. The number of nitrogens with one attached hydrogen (secondary N) is 1. The van der Waals surface area contributed by atoms with Gasteiger partial charge in [-0.05, 0) is 56.3 Å². The molecule has 0 aliphatic rings. The molecule has 1 aromatic carbocycles. The molecule has 8 heteroatoms. The molecule has 0 bridgehead atoms. The molecule has 0 saturated carbocycles. The Morgan fingerprint density at radius 3 is 2.68 bits per heavy atom. The van der Waals surface area contributed by atoms with Gasteiger partial charge in [-0.2, -0.15) is 0 Å². The van der Waals surface area contributed by atoms with Crippen LogP contribution < -0.4 is 10.1 Å². The summed E-state index contributed by atoms with van der Waals surface area (Å²) in [6.45, 7) is 5.93. The molecule has 148 valence electrons. The number of rotatable bonds is 10. The summed E-state index contributed by atoms with van der Waals surface area (Å²) in [5.74, 6) is 1.96. The first kappa shape index (κ1) is 19.6. The van der Waals surface area contributed by atoms with Crippen molar-refractivity contribution in [1.82, 2.24) is 15.1 Å². The maximum absolute atomic E-state index is 12.4. The van der Waals surface area contributed by atoms with Crippen LogP contribution in [0.5, 0.6) is 5.75 Å². The van der Waals surface area contributed by atoms with Crippen LogP contribution in [0.15, 0.2) is 51.5 Å². The smallest absolute Gasteiger partial charge is 0.283 e. The van der Waals surface area contributed by atoms with Crippen LogP contribution in [0.25, 0.3) is 11.7 Å². The zero-order valence-electron chi connectivity index (χ0n) is 16.1. The minimum Gasteiger partial charge on any atom is -0.494 e. The summed E-state index contributed by atoms with van der Waals surface area (Å²) >= 11 is 0. The minimum absolute atomic E-state index is 0.108. The molecule has 1 N–H and O–H groups in total. The maximum atomic E-state index is 12.4. The molecule has 3 aromatic rings. The summed E-state index contributed by atoms with van der Waals surface area (Å²) in [6.07, 6.45) is 2.45. The Bertz CT molecular complexity index is 859. The molecule has 0 spiro atoms. The van der Waals surface area contributed by atoms with E-state index in [2.05, 4.69) is 22.4 Å². The zero-order valence-corrected chi connectivity index (χ0v) is 16.1. The molecule has 0 aliphatic heterocycles. The van der Waals surface area contributed by atoms with Gasteiger partial charge in [0.25, 0.3) is 5.89 Å². The Balaban J connectivity index is 1.57. The average molecular weight is 384 g/mol. The van der Waals surface area contributed by atoms with Gasteiger partial charge < -0.3 is 18.9 Å². The fourth-order valence-corrected chi connectivity index (χ4v) is 2.74. The van der Waals surface area contributed by atoms with E-state index < -0.39 is 0 Å². The third-order valence-corrected chi connectivity index (χ3v) is 3.91. The molecule has 0 atom stereocenters. The van der Waals surface area contributed by atoms with E-state index in [1.807, 2.05) is 36.1 Å². The number of nitrogens with zero attached hydrogens (tertiary/aromatic N) is 3. The van der Waals surface area contributed by atoms with E-state index in [9.17, 15) is 4.79 Å². The fraction of sp³-hybridized carbons (Fsp3) is 0.350. The normalized spacial score (nSPS) is 11.0. The number of carbonyl (C=O) groups excluding carboxylic acids is 1. The average Bonchev–Trinajstić information content (AvgIpc) is 3.35. The quantitative estimate of drug-likeness (QED) is 0.571. The molecule has 1 amide bonds. The van der Waals surface area contributed by atoms with Crippen molar-refractivity contribution < 1.29 is 18.4 Å². The second-order valence-corrected chi connectivity index (χ2v) is 6.19. The molecule has 0 fully saturated rings. The summed E-state index contributed by atoms with van der Waals surface area (Å²) in [5.41, 5.74) is 0.725. The lowest BCUT2D eigenvalue weighted by Gasteiger charge is -2.19. The van der Waals surface area contributed by atoms with Gasteiger partial charge in [0.15, 0.2) is 5.76 Å². The van der Waals surface area contributed by atoms with Crippen LogP contribution in [0.3, 0.4) is 0 Å². The zero-order chi connectivity index (χ0) is 19.8. The van der Waals surface area contributed by atoms with Crippen LogP contribution >= 0.6 is 0 Å². The number of carbonyl (C=O) groups is 1. The van der Waals surface area contributed by atoms with Crippen LogP contribution in [0.2, 0.25) is 0 Å². The van der Waals surface area contributed by atoms with E-state index in [4.69, 9.17) is 13.6 Å². The van der Waals surface area contributed by atoms with Gasteiger partial charge in [0.1, 0.15) is 5.75 Å². The monoisotopic (exact) mass is 384 g/mol. The number of amides is 1. The first-order valence-electron chi connectivity index (χ1n) is 9.29. The summed E-state index contributed by atoms with van der Waals surface area (Å²) in [5, 5.41) is 10.9. The summed E-state index contributed by atoms with van der Waals surface area (Å²) in [7, 11) is 0. The van der Waals surface area contributed by atoms with E-state index >= 15 is 0 Å². The highest BCUT2D eigenvalue weighted by atomic mass is 16.5. The van der Waals surface area contributed by atoms with E-state index in [1.165, 1.54) is 0 Å². The number of benzene rings is 1. The Hall–Kier alpha value is -3.13. The van der Waals surface area contributed by atoms with Gasteiger partial charge >= 0.3 is 0 Å². The third kappa shape index (κ3) is 5.43. The molecule has 8 nitrogen and oxygen atoms in total. The van der Waals surface area contributed by atoms with E-state index in [-0.39, 0.29) is 12.5 Å². The highest BCUT2D eigenvalue weighted by molar-refractivity contribution is 5.92. The van der Waals surface area contributed by atoms with Gasteiger partial charge in [0.2, 0.25) is 11.8 Å². The van der Waals surface area contributed by atoms with E-state index in [0.29, 0.717) is 30.7 Å². The van der Waals surface area contributed by atoms with Crippen molar-refractivity contribution in [2.75, 3.05) is 25.0 Å². The fourth-order valence-electron chi connectivity index (χ4n) is 2.74. The molecule has 3 rings (SSSR count). The second kappa shape index (κ2) is 9.70. The van der Waals surface area contributed by atoms with Crippen LogP contribution in [-0.4, -0.2) is 40.7 Å². The number of aromatic nitrogens is 2. The van der Waals surface area contributed by atoms with Crippen molar-refractivity contribution >= 4 is 11.6 Å². The molecule has 0 unspecified atom stereocenters. The molecule has 0 radical (unpaired) electrons. The molecule has 0 saturated heterocycles. The van der Waals surface area contributed by atoms with Crippen molar-refractivity contribution in [3.8, 4) is 17.4 Å². The molecule has 28 heavy (non-hydrogen) atoms. The predicted molar refractivity (Wildman–Crippen MR) is 104 cm³/mol. The lowest BCUT2D eigenvalue weighted by Crippen LogP contribution is -2.33. The standard InChI is InChI=1S/C20H24N4O4/c1-3-11-24(14-19-22-23-20(28-19)17-6-5-12-27-17)13-18(25)21-15-7-9-16(10-8-15)26-4-2/h5-10,12H,3-4,11,13-14H2,1-2H3,(H,21,25). The van der Waals surface area contributed by atoms with E-state index in [0.717, 1.165) is 24.4 Å². The SMILES string of the molecule is CCCN(CC(=O)Nc1ccc(OCC)cc1)Cc1nnc(-c2ccco2)o1. The summed E-state index contributed by atoms with van der Waals surface area (Å²) in [4.78, 5) is 14.4. The number of ether oxygens (including phenoxy) is 1. The Kier molecular flexibility index (Phi) is 6.80. The van der Waals surface area contributed by atoms with Crippen molar-refractivity contribution in [2.45, 2.75) is 26.8 Å². The highest BCUT2D eigenvalue weighted by Crippen LogP contribution is 2.19. The Morgan fingerprint density at radius 2 is 2.00 bits per heavy atom. The van der Waals surface area contributed by atoms with Crippen molar-refractivity contribution in [3.05, 3.63) is 48.6 Å². The predicted octanol–water partition coefficient (Wildman–Crippen LogP) is 3.58. The van der Waals surface area contributed by atoms with Gasteiger partial charge in [-0.25, -0.2) is 0 Å². The summed E-state index contributed by atoms with van der Waals surface area (Å²) in [6, 6.07) is 10.8. The van der Waals surface area contributed by atoms with Crippen LogP contribution in [0.4, 0.5) is 5.69 Å². The lowest BCUT2D eigenvalue weighted by molar-refractivity contribution is -0.117. The molecular weight excluding hydrogens is 360 g/mol. The van der Waals surface area contributed by atoms with Crippen LogP contribution in [0, 0.1) is 0 Å². The van der Waals surface area contributed by atoms with Gasteiger partial charge in [0, 0.05) is 5.69 Å². The lowest BCUT2D eigenvalue weighted by atomic mass is 10.3. The Morgan fingerprint density at radius 1 is 1.18 bits per heavy atom. The molecule has 2 heterocycles. The van der Waals surface area contributed by atoms with E-state index in [1.54, 1.807) is 18.4 Å². The minimum atomic E-state index is -0.108. The number of furan rings is 1. The van der Waals surface area contributed by atoms with Gasteiger partial charge in [-0.1, -0.05) is 6.92 Å². The number of hydrogen-bond acceptors (Lipinski definition) is 7.